The van der Waals surface area contributed by atoms with Gasteiger partial charge in [0.25, 0.3) is 17.4 Å². The highest BCUT2D eigenvalue weighted by atomic mass is 16.5. The molecule has 1 heterocycles. The van der Waals surface area contributed by atoms with Gasteiger partial charge in [0.15, 0.2) is 11.8 Å². The maximum Gasteiger partial charge on any atom is 0.290 e. The monoisotopic (exact) mass is 380 g/mol. The van der Waals surface area contributed by atoms with Gasteiger partial charge in [0.05, 0.1) is 5.39 Å². The van der Waals surface area contributed by atoms with Crippen molar-refractivity contribution in [3.63, 3.8) is 0 Å². The fourth-order valence-corrected chi connectivity index (χ4v) is 2.65. The van der Waals surface area contributed by atoms with E-state index in [1.54, 1.807) is 62.4 Å². The number of carbonyl (C=O) groups excluding carboxylic acids is 2. The van der Waals surface area contributed by atoms with Gasteiger partial charge < -0.3 is 4.74 Å². The Balaban J connectivity index is 1.74. The molecule has 3 aromatic rings. The van der Waals surface area contributed by atoms with Gasteiger partial charge in [0.1, 0.15) is 5.75 Å². The lowest BCUT2D eigenvalue weighted by molar-refractivity contribution is -0.128. The molecule has 1 atom stereocenters. The number of carbonyl (C=O) groups is 2. The van der Waals surface area contributed by atoms with Crippen LogP contribution in [0.5, 0.6) is 5.75 Å². The first-order valence-electron chi connectivity index (χ1n) is 8.83. The zero-order valence-corrected chi connectivity index (χ0v) is 15.5. The molecule has 1 aromatic heterocycles. The Hall–Kier alpha value is -3.68. The summed E-state index contributed by atoms with van der Waals surface area (Å²) >= 11 is 0. The minimum absolute atomic E-state index is 0.0500. The number of para-hydroxylation sites is 1. The third kappa shape index (κ3) is 4.01. The van der Waals surface area contributed by atoms with E-state index in [0.29, 0.717) is 23.1 Å². The first-order chi connectivity index (χ1) is 13.5. The van der Waals surface area contributed by atoms with E-state index < -0.39 is 17.9 Å². The number of hydrazine groups is 1. The van der Waals surface area contributed by atoms with E-state index in [-0.39, 0.29) is 11.3 Å². The predicted molar refractivity (Wildman–Crippen MR) is 104 cm³/mol. The maximum atomic E-state index is 12.6. The Morgan fingerprint density at radius 2 is 1.68 bits per heavy atom. The number of nitrogens with zero attached hydrogens (tertiary/aromatic N) is 2. The summed E-state index contributed by atoms with van der Waals surface area (Å²) in [4.78, 5) is 37.1. The van der Waals surface area contributed by atoms with E-state index in [4.69, 9.17) is 4.74 Å². The number of benzene rings is 2. The molecule has 0 aliphatic heterocycles. The third-order valence-electron chi connectivity index (χ3n) is 4.11. The highest BCUT2D eigenvalue weighted by Crippen LogP contribution is 2.13. The minimum Gasteiger partial charge on any atom is -0.481 e. The van der Waals surface area contributed by atoms with Gasteiger partial charge in [-0.3, -0.25) is 25.2 Å². The van der Waals surface area contributed by atoms with Gasteiger partial charge in [0.2, 0.25) is 0 Å². The van der Waals surface area contributed by atoms with Crippen LogP contribution in [-0.4, -0.2) is 27.7 Å². The maximum absolute atomic E-state index is 12.6. The molecule has 0 aliphatic rings. The van der Waals surface area contributed by atoms with Crippen molar-refractivity contribution in [3.8, 4) is 5.75 Å². The second-order valence-corrected chi connectivity index (χ2v) is 6.03. The topological polar surface area (TPSA) is 102 Å². The number of hydrogen-bond acceptors (Lipinski definition) is 5. The van der Waals surface area contributed by atoms with Crippen LogP contribution >= 0.6 is 0 Å². The molecule has 1 unspecified atom stereocenters. The number of nitrogens with one attached hydrogen (secondary N) is 2. The Morgan fingerprint density at radius 1 is 1.04 bits per heavy atom. The van der Waals surface area contributed by atoms with Crippen LogP contribution < -0.4 is 21.1 Å². The van der Waals surface area contributed by atoms with E-state index in [9.17, 15) is 14.4 Å². The molecular formula is C20H20N4O4. The van der Waals surface area contributed by atoms with E-state index in [0.717, 1.165) is 0 Å². The third-order valence-corrected chi connectivity index (χ3v) is 4.11. The quantitative estimate of drug-likeness (QED) is 0.655. The van der Waals surface area contributed by atoms with Crippen LogP contribution in [0.25, 0.3) is 10.8 Å². The van der Waals surface area contributed by atoms with Crippen LogP contribution in [0.1, 0.15) is 24.3 Å². The highest BCUT2D eigenvalue weighted by Gasteiger charge is 2.19. The fourth-order valence-electron chi connectivity index (χ4n) is 2.65. The summed E-state index contributed by atoms with van der Waals surface area (Å²) in [6, 6.07) is 15.6. The van der Waals surface area contributed by atoms with E-state index in [2.05, 4.69) is 16.0 Å². The molecule has 2 aromatic carbocycles. The number of hydrogen-bond donors (Lipinski definition) is 2. The lowest BCUT2D eigenvalue weighted by Crippen LogP contribution is -2.47. The molecule has 3 rings (SSSR count). The SMILES string of the molecule is CCn1nc(C(=O)NNC(=O)C(C)Oc2ccccc2)c2ccccc2c1=O. The van der Waals surface area contributed by atoms with Crippen molar-refractivity contribution >= 4 is 22.6 Å². The van der Waals surface area contributed by atoms with Crippen LogP contribution in [0.2, 0.25) is 0 Å². The molecule has 8 heteroatoms. The molecule has 144 valence electrons. The molecule has 0 saturated carbocycles. The van der Waals surface area contributed by atoms with Crippen molar-refractivity contribution in [2.75, 3.05) is 0 Å². The molecule has 0 saturated heterocycles. The number of fused-ring (bicyclic) bond motifs is 1. The molecule has 28 heavy (non-hydrogen) atoms. The Bertz CT molecular complexity index is 1060. The van der Waals surface area contributed by atoms with Crippen LogP contribution in [0.3, 0.4) is 0 Å². The van der Waals surface area contributed by atoms with Crippen LogP contribution in [0.4, 0.5) is 0 Å². The number of aryl methyl sites for hydroxylation is 1. The van der Waals surface area contributed by atoms with Crippen molar-refractivity contribution in [1.82, 2.24) is 20.6 Å². The molecule has 8 nitrogen and oxygen atoms in total. The zero-order valence-electron chi connectivity index (χ0n) is 15.5. The fraction of sp³-hybridized carbons (Fsp3) is 0.200. The summed E-state index contributed by atoms with van der Waals surface area (Å²) in [6.45, 7) is 3.65. The van der Waals surface area contributed by atoms with E-state index in [1.165, 1.54) is 4.68 Å². The average Bonchev–Trinajstić information content (AvgIpc) is 2.73. The molecule has 2 amide bonds. The molecule has 0 bridgehead atoms. The van der Waals surface area contributed by atoms with Crippen molar-refractivity contribution in [2.45, 2.75) is 26.5 Å². The number of ether oxygens (including phenoxy) is 1. The van der Waals surface area contributed by atoms with Gasteiger partial charge in [-0.1, -0.05) is 36.4 Å². The highest BCUT2D eigenvalue weighted by molar-refractivity contribution is 6.05. The Kier molecular flexibility index (Phi) is 5.69. The summed E-state index contributed by atoms with van der Waals surface area (Å²) in [6.07, 6.45) is -0.822. The Morgan fingerprint density at radius 3 is 2.36 bits per heavy atom. The summed E-state index contributed by atoms with van der Waals surface area (Å²) in [7, 11) is 0. The number of rotatable bonds is 5. The van der Waals surface area contributed by atoms with Crippen LogP contribution in [-0.2, 0) is 11.3 Å². The second kappa shape index (κ2) is 8.34. The van der Waals surface area contributed by atoms with Gasteiger partial charge >= 0.3 is 0 Å². The zero-order chi connectivity index (χ0) is 20.1. The van der Waals surface area contributed by atoms with Crippen molar-refractivity contribution < 1.29 is 14.3 Å². The number of aromatic nitrogens is 2. The standard InChI is InChI=1S/C20H20N4O4/c1-3-24-20(27)16-12-8-7-11-15(16)17(23-24)19(26)22-21-18(25)13(2)28-14-9-5-4-6-10-14/h4-13H,3H2,1-2H3,(H,21,25)(H,22,26). The van der Waals surface area contributed by atoms with E-state index in [1.807, 2.05) is 6.07 Å². The molecule has 0 spiro atoms. The Labute approximate surface area is 161 Å². The molecule has 0 radical (unpaired) electrons. The summed E-state index contributed by atoms with van der Waals surface area (Å²) < 4.78 is 6.72. The van der Waals surface area contributed by atoms with Gasteiger partial charge in [-0.15, -0.1) is 0 Å². The van der Waals surface area contributed by atoms with Crippen molar-refractivity contribution in [1.29, 1.82) is 0 Å². The van der Waals surface area contributed by atoms with Gasteiger partial charge in [-0.05, 0) is 32.0 Å². The molecule has 0 fully saturated rings. The lowest BCUT2D eigenvalue weighted by atomic mass is 10.1. The van der Waals surface area contributed by atoms with Crippen molar-refractivity contribution in [2.24, 2.45) is 0 Å². The predicted octanol–water partition coefficient (Wildman–Crippen LogP) is 1.64. The largest absolute Gasteiger partial charge is 0.481 e. The average molecular weight is 380 g/mol. The normalized spacial score (nSPS) is 11.6. The van der Waals surface area contributed by atoms with Crippen LogP contribution in [0, 0.1) is 0 Å². The second-order valence-electron chi connectivity index (χ2n) is 6.03. The first-order valence-corrected chi connectivity index (χ1v) is 8.83. The minimum atomic E-state index is -0.822. The summed E-state index contributed by atoms with van der Waals surface area (Å²) in [5.41, 5.74) is 4.43. The lowest BCUT2D eigenvalue weighted by Gasteiger charge is -2.15. The van der Waals surface area contributed by atoms with Gasteiger partial charge in [0, 0.05) is 11.9 Å². The van der Waals surface area contributed by atoms with Gasteiger partial charge in [-0.2, -0.15) is 5.10 Å². The molecule has 0 aliphatic carbocycles. The number of amides is 2. The van der Waals surface area contributed by atoms with Crippen molar-refractivity contribution in [3.05, 3.63) is 70.6 Å². The summed E-state index contributed by atoms with van der Waals surface area (Å²) in [5, 5.41) is 4.92. The summed E-state index contributed by atoms with van der Waals surface area (Å²) in [5.74, 6) is -0.608. The molecular weight excluding hydrogens is 360 g/mol. The smallest absolute Gasteiger partial charge is 0.290 e. The van der Waals surface area contributed by atoms with E-state index >= 15 is 0 Å². The first kappa shape index (κ1) is 19.1. The van der Waals surface area contributed by atoms with Gasteiger partial charge in [-0.25, -0.2) is 4.68 Å². The molecule has 2 N–H and O–H groups in total. The van der Waals surface area contributed by atoms with Crippen LogP contribution in [0.15, 0.2) is 59.4 Å².